The monoisotopic (exact) mass is 285 g/mol. The lowest BCUT2D eigenvalue weighted by Crippen LogP contribution is -2.21. The van der Waals surface area contributed by atoms with Gasteiger partial charge in [0.05, 0.1) is 12.7 Å². The zero-order valence-electron chi connectivity index (χ0n) is 13.2. The molecule has 4 nitrogen and oxygen atoms in total. The molecule has 0 aliphatic heterocycles. The van der Waals surface area contributed by atoms with Crippen molar-refractivity contribution in [3.05, 3.63) is 47.7 Å². The van der Waals surface area contributed by atoms with Crippen LogP contribution in [0.25, 0.3) is 0 Å². The molecular formula is C17H23N3O. The third-order valence-corrected chi connectivity index (χ3v) is 3.09. The second-order valence-electron chi connectivity index (χ2n) is 6.65. The lowest BCUT2D eigenvalue weighted by atomic mass is 9.92. The summed E-state index contributed by atoms with van der Waals surface area (Å²) in [6, 6.07) is 10.1. The van der Waals surface area contributed by atoms with E-state index in [0.29, 0.717) is 13.0 Å². The first-order valence-electron chi connectivity index (χ1n) is 7.21. The van der Waals surface area contributed by atoms with Crippen LogP contribution >= 0.6 is 0 Å². The highest BCUT2D eigenvalue weighted by Crippen LogP contribution is 2.20. The highest BCUT2D eigenvalue weighted by atomic mass is 16.1. The predicted molar refractivity (Wildman–Crippen MR) is 85.2 cm³/mol. The molecule has 1 heterocycles. The van der Waals surface area contributed by atoms with E-state index >= 15 is 0 Å². The van der Waals surface area contributed by atoms with E-state index in [9.17, 15) is 4.79 Å². The fourth-order valence-corrected chi connectivity index (χ4v) is 2.22. The molecule has 0 saturated carbocycles. The summed E-state index contributed by atoms with van der Waals surface area (Å²) in [7, 11) is 0. The molecular weight excluding hydrogens is 262 g/mol. The number of amides is 1. The first kappa shape index (κ1) is 15.3. The molecule has 0 aliphatic carbocycles. The smallest absolute Gasteiger partial charge is 0.226 e. The maximum Gasteiger partial charge on any atom is 0.226 e. The maximum atomic E-state index is 12.0. The average molecular weight is 285 g/mol. The fraction of sp³-hybridized carbons (Fsp3) is 0.412. The Labute approximate surface area is 126 Å². The first-order valence-corrected chi connectivity index (χ1v) is 7.21. The third kappa shape index (κ3) is 4.74. The Morgan fingerprint density at radius 1 is 1.29 bits per heavy atom. The van der Waals surface area contributed by atoms with E-state index in [0.717, 1.165) is 5.82 Å². The number of hydrogen-bond donors (Lipinski definition) is 1. The number of aryl methyl sites for hydroxylation is 1. The predicted octanol–water partition coefficient (Wildman–Crippen LogP) is 3.61. The second kappa shape index (κ2) is 6.12. The quantitative estimate of drug-likeness (QED) is 0.932. The number of aromatic nitrogens is 2. The largest absolute Gasteiger partial charge is 0.311 e. The molecule has 112 valence electrons. The summed E-state index contributed by atoms with van der Waals surface area (Å²) in [6.45, 7) is 8.88. The summed E-state index contributed by atoms with van der Waals surface area (Å²) in [5.74, 6) is 0.763. The molecule has 0 fully saturated rings. The summed E-state index contributed by atoms with van der Waals surface area (Å²) in [4.78, 5) is 12.0. The van der Waals surface area contributed by atoms with Crippen LogP contribution in [0.3, 0.4) is 0 Å². The first-order chi connectivity index (χ1) is 9.83. The molecule has 0 atom stereocenters. The topological polar surface area (TPSA) is 46.9 Å². The van der Waals surface area contributed by atoms with Crippen molar-refractivity contribution in [2.45, 2.75) is 40.7 Å². The van der Waals surface area contributed by atoms with Crippen LogP contribution in [0.2, 0.25) is 0 Å². The van der Waals surface area contributed by atoms with E-state index < -0.39 is 0 Å². The Kier molecular flexibility index (Phi) is 4.46. The number of rotatable bonds is 4. The van der Waals surface area contributed by atoms with Crippen molar-refractivity contribution in [2.24, 2.45) is 5.41 Å². The Bertz CT molecular complexity index is 623. The molecule has 0 saturated heterocycles. The van der Waals surface area contributed by atoms with Crippen molar-refractivity contribution >= 4 is 11.7 Å². The second-order valence-corrected chi connectivity index (χ2v) is 6.65. The van der Waals surface area contributed by atoms with Gasteiger partial charge in [-0.1, -0.05) is 50.6 Å². The van der Waals surface area contributed by atoms with Crippen LogP contribution in [-0.4, -0.2) is 15.7 Å². The molecule has 1 amide bonds. The minimum absolute atomic E-state index is 0.0218. The van der Waals surface area contributed by atoms with Gasteiger partial charge in [0.2, 0.25) is 5.91 Å². The van der Waals surface area contributed by atoms with Gasteiger partial charge in [-0.15, -0.1) is 0 Å². The lowest BCUT2D eigenvalue weighted by molar-refractivity contribution is -0.117. The highest BCUT2D eigenvalue weighted by Gasteiger charge is 2.17. The minimum atomic E-state index is -0.0223. The number of benzene rings is 1. The van der Waals surface area contributed by atoms with Gasteiger partial charge in [0.15, 0.2) is 0 Å². The molecule has 1 N–H and O–H groups in total. The number of carbonyl (C=O) groups is 1. The van der Waals surface area contributed by atoms with Crippen molar-refractivity contribution in [1.82, 2.24) is 9.78 Å². The van der Waals surface area contributed by atoms with Crippen LogP contribution < -0.4 is 5.32 Å². The Morgan fingerprint density at radius 2 is 2.05 bits per heavy atom. The lowest BCUT2D eigenvalue weighted by Gasteiger charge is -2.17. The summed E-state index contributed by atoms with van der Waals surface area (Å²) in [5.41, 5.74) is 2.37. The summed E-state index contributed by atoms with van der Waals surface area (Å²) in [5, 5.41) is 7.24. The van der Waals surface area contributed by atoms with Crippen molar-refractivity contribution < 1.29 is 4.79 Å². The van der Waals surface area contributed by atoms with Gasteiger partial charge in [-0.2, -0.15) is 5.10 Å². The van der Waals surface area contributed by atoms with Gasteiger partial charge >= 0.3 is 0 Å². The van der Waals surface area contributed by atoms with Gasteiger partial charge in [0.1, 0.15) is 5.82 Å². The van der Waals surface area contributed by atoms with Crippen LogP contribution in [0.15, 0.2) is 36.5 Å². The molecule has 0 spiro atoms. The molecule has 4 heteroatoms. The molecule has 0 bridgehead atoms. The Morgan fingerprint density at radius 3 is 2.71 bits per heavy atom. The van der Waals surface area contributed by atoms with Gasteiger partial charge < -0.3 is 5.32 Å². The van der Waals surface area contributed by atoms with E-state index in [4.69, 9.17) is 0 Å². The van der Waals surface area contributed by atoms with Crippen LogP contribution in [0.1, 0.15) is 38.3 Å². The number of carbonyl (C=O) groups excluding carboxylic acids is 1. The van der Waals surface area contributed by atoms with Crippen LogP contribution in [-0.2, 0) is 11.3 Å². The van der Waals surface area contributed by atoms with Crippen LogP contribution in [0, 0.1) is 12.3 Å². The maximum absolute atomic E-state index is 12.0. The van der Waals surface area contributed by atoms with Crippen LogP contribution in [0.4, 0.5) is 5.82 Å². The summed E-state index contributed by atoms with van der Waals surface area (Å²) >= 11 is 0. The van der Waals surface area contributed by atoms with Crippen LogP contribution in [0.5, 0.6) is 0 Å². The molecule has 0 radical (unpaired) electrons. The van der Waals surface area contributed by atoms with E-state index in [-0.39, 0.29) is 11.3 Å². The molecule has 1 aromatic heterocycles. The number of anilines is 1. The number of nitrogens with one attached hydrogen (secondary N) is 1. The zero-order chi connectivity index (χ0) is 15.5. The van der Waals surface area contributed by atoms with Gasteiger partial charge in [0.25, 0.3) is 0 Å². The van der Waals surface area contributed by atoms with E-state index in [1.807, 2.05) is 16.8 Å². The fourth-order valence-electron chi connectivity index (χ4n) is 2.22. The number of hydrogen-bond acceptors (Lipinski definition) is 2. The number of nitrogens with zero attached hydrogens (tertiary/aromatic N) is 2. The Hall–Kier alpha value is -2.10. The standard InChI is InChI=1S/C17H23N3O/c1-13-6-5-7-14(10-13)12-20-15(8-9-18-20)19-16(21)11-17(2,3)4/h5-10H,11-12H2,1-4H3,(H,19,21). The van der Waals surface area contributed by atoms with Gasteiger partial charge in [-0.05, 0) is 17.9 Å². The molecule has 1 aromatic carbocycles. The molecule has 2 aromatic rings. The molecule has 2 rings (SSSR count). The normalized spacial score (nSPS) is 11.4. The van der Waals surface area contributed by atoms with Crippen molar-refractivity contribution in [1.29, 1.82) is 0 Å². The van der Waals surface area contributed by atoms with Gasteiger partial charge in [-0.25, -0.2) is 4.68 Å². The average Bonchev–Trinajstić information content (AvgIpc) is 2.74. The highest BCUT2D eigenvalue weighted by molar-refractivity contribution is 5.90. The van der Waals surface area contributed by atoms with Gasteiger partial charge in [-0.3, -0.25) is 4.79 Å². The molecule has 21 heavy (non-hydrogen) atoms. The van der Waals surface area contributed by atoms with E-state index in [1.54, 1.807) is 6.20 Å². The van der Waals surface area contributed by atoms with Crippen molar-refractivity contribution in [3.8, 4) is 0 Å². The van der Waals surface area contributed by atoms with E-state index in [2.05, 4.69) is 56.3 Å². The van der Waals surface area contributed by atoms with Crippen molar-refractivity contribution in [2.75, 3.05) is 5.32 Å². The van der Waals surface area contributed by atoms with Gasteiger partial charge in [0, 0.05) is 12.5 Å². The van der Waals surface area contributed by atoms with E-state index in [1.165, 1.54) is 11.1 Å². The molecule has 0 aliphatic rings. The zero-order valence-corrected chi connectivity index (χ0v) is 13.2. The minimum Gasteiger partial charge on any atom is -0.311 e. The van der Waals surface area contributed by atoms with Crippen molar-refractivity contribution in [3.63, 3.8) is 0 Å². The SMILES string of the molecule is Cc1cccc(Cn2nccc2NC(=O)CC(C)(C)C)c1. The summed E-state index contributed by atoms with van der Waals surface area (Å²) in [6.07, 6.45) is 2.20. The molecule has 0 unspecified atom stereocenters. The Balaban J connectivity index is 2.07. The summed E-state index contributed by atoms with van der Waals surface area (Å²) < 4.78 is 1.81. The third-order valence-electron chi connectivity index (χ3n) is 3.09.